The maximum absolute atomic E-state index is 11.6. The molecular weight excluding hydrogens is 232 g/mol. The maximum atomic E-state index is 11.6. The van der Waals surface area contributed by atoms with Crippen LogP contribution >= 0.6 is 0 Å². The molecule has 0 radical (unpaired) electrons. The molecule has 0 aliphatic rings. The zero-order valence-electron chi connectivity index (χ0n) is 9.60. The van der Waals surface area contributed by atoms with Crippen molar-refractivity contribution < 1.29 is 0 Å². The van der Waals surface area contributed by atoms with Gasteiger partial charge in [0.15, 0.2) is 5.52 Å². The largest absolute Gasteiger partial charge is 0.291 e. The predicted molar refractivity (Wildman–Crippen MR) is 67.0 cm³/mol. The van der Waals surface area contributed by atoms with E-state index in [1.54, 1.807) is 6.20 Å². The number of aryl methyl sites for hydroxylation is 1. The van der Waals surface area contributed by atoms with Crippen molar-refractivity contribution >= 4 is 10.9 Å². The van der Waals surface area contributed by atoms with E-state index < -0.39 is 5.56 Å². The van der Waals surface area contributed by atoms with E-state index in [1.165, 1.54) is 4.68 Å². The summed E-state index contributed by atoms with van der Waals surface area (Å²) < 4.78 is 1.52. The van der Waals surface area contributed by atoms with E-state index >= 15 is 0 Å². The van der Waals surface area contributed by atoms with E-state index in [-0.39, 0.29) is 16.5 Å². The number of rotatable bonds is 1. The monoisotopic (exact) mass is 242 g/mol. The van der Waals surface area contributed by atoms with Crippen LogP contribution in [0.2, 0.25) is 0 Å². The number of benzene rings is 1. The van der Waals surface area contributed by atoms with Gasteiger partial charge < -0.3 is 0 Å². The summed E-state index contributed by atoms with van der Waals surface area (Å²) in [6, 6.07) is 7.64. The Balaban J connectivity index is 2.29. The van der Waals surface area contributed by atoms with Crippen molar-refractivity contribution in [2.45, 2.75) is 6.92 Å². The summed E-state index contributed by atoms with van der Waals surface area (Å²) in [5.74, 6) is 0. The van der Waals surface area contributed by atoms with Crippen molar-refractivity contribution in [2.24, 2.45) is 0 Å². The van der Waals surface area contributed by atoms with Crippen LogP contribution in [0.15, 0.2) is 40.1 Å². The summed E-state index contributed by atoms with van der Waals surface area (Å²) in [6.07, 6.45) is 1.55. The van der Waals surface area contributed by atoms with Crippen molar-refractivity contribution in [3.8, 4) is 5.69 Å². The number of aromatic nitrogens is 4. The number of nitrogens with zero attached hydrogens (tertiary/aromatic N) is 2. The van der Waals surface area contributed by atoms with Crippen LogP contribution in [-0.4, -0.2) is 20.0 Å². The smallest absolute Gasteiger partial charge is 0.267 e. The van der Waals surface area contributed by atoms with Crippen LogP contribution < -0.4 is 11.1 Å². The summed E-state index contributed by atoms with van der Waals surface area (Å²) in [4.78, 5) is 23.1. The van der Waals surface area contributed by atoms with Crippen molar-refractivity contribution in [1.82, 2.24) is 20.0 Å². The average molecular weight is 242 g/mol. The Morgan fingerprint density at radius 3 is 2.39 bits per heavy atom. The third kappa shape index (κ3) is 1.55. The molecule has 2 heterocycles. The molecule has 6 heteroatoms. The van der Waals surface area contributed by atoms with Gasteiger partial charge in [0.05, 0.1) is 11.1 Å². The van der Waals surface area contributed by atoms with Gasteiger partial charge in [-0.15, -0.1) is 0 Å². The van der Waals surface area contributed by atoms with Gasteiger partial charge in [-0.25, -0.2) is 4.68 Å². The maximum Gasteiger partial charge on any atom is 0.291 e. The average Bonchev–Trinajstić information content (AvgIpc) is 2.81. The van der Waals surface area contributed by atoms with Crippen molar-refractivity contribution in [3.63, 3.8) is 0 Å². The summed E-state index contributed by atoms with van der Waals surface area (Å²) in [7, 11) is 0. The normalized spacial score (nSPS) is 10.9. The van der Waals surface area contributed by atoms with Crippen molar-refractivity contribution in [2.75, 3.05) is 0 Å². The Hall–Kier alpha value is -2.63. The van der Waals surface area contributed by atoms with E-state index in [9.17, 15) is 9.59 Å². The zero-order valence-corrected chi connectivity index (χ0v) is 9.60. The molecule has 2 N–H and O–H groups in total. The molecule has 0 aliphatic carbocycles. The Morgan fingerprint density at radius 2 is 1.72 bits per heavy atom. The molecule has 1 aromatic carbocycles. The van der Waals surface area contributed by atoms with Gasteiger partial charge >= 0.3 is 0 Å². The fourth-order valence-corrected chi connectivity index (χ4v) is 1.78. The molecule has 0 fully saturated rings. The van der Waals surface area contributed by atoms with Gasteiger partial charge in [-0.05, 0) is 19.1 Å². The molecular formula is C12H10N4O2. The van der Waals surface area contributed by atoms with Gasteiger partial charge in [0, 0.05) is 6.20 Å². The van der Waals surface area contributed by atoms with Crippen LogP contribution in [0.3, 0.4) is 0 Å². The minimum Gasteiger partial charge on any atom is -0.267 e. The number of hydrogen-bond donors (Lipinski definition) is 2. The second-order valence-electron chi connectivity index (χ2n) is 4.08. The van der Waals surface area contributed by atoms with Gasteiger partial charge in [-0.2, -0.15) is 5.10 Å². The SMILES string of the molecule is Cc1ccc(-n2cc3c(=O)[nH][nH]c(=O)c3n2)cc1. The van der Waals surface area contributed by atoms with Gasteiger partial charge in [-0.3, -0.25) is 19.8 Å². The first-order valence-corrected chi connectivity index (χ1v) is 5.42. The highest BCUT2D eigenvalue weighted by Gasteiger charge is 2.09. The van der Waals surface area contributed by atoms with Crippen LogP contribution in [0.1, 0.15) is 5.56 Å². The van der Waals surface area contributed by atoms with Gasteiger partial charge in [-0.1, -0.05) is 17.7 Å². The van der Waals surface area contributed by atoms with E-state index in [0.29, 0.717) is 0 Å². The minimum absolute atomic E-state index is 0.138. The third-order valence-corrected chi connectivity index (χ3v) is 2.76. The number of aromatic amines is 2. The molecule has 0 spiro atoms. The Kier molecular flexibility index (Phi) is 2.16. The van der Waals surface area contributed by atoms with Gasteiger partial charge in [0.2, 0.25) is 0 Å². The summed E-state index contributed by atoms with van der Waals surface area (Å²) in [5.41, 5.74) is 1.31. The van der Waals surface area contributed by atoms with Crippen LogP contribution in [0, 0.1) is 6.92 Å². The first-order chi connectivity index (χ1) is 8.65. The fraction of sp³-hybridized carbons (Fsp3) is 0.0833. The lowest BCUT2D eigenvalue weighted by atomic mass is 10.2. The Bertz CT molecular complexity index is 777. The first kappa shape index (κ1) is 10.5. The lowest BCUT2D eigenvalue weighted by Crippen LogP contribution is -2.18. The number of fused-ring (bicyclic) bond motifs is 1. The van der Waals surface area contributed by atoms with Crippen LogP contribution in [0.5, 0.6) is 0 Å². The van der Waals surface area contributed by atoms with Crippen molar-refractivity contribution in [3.05, 3.63) is 56.7 Å². The summed E-state index contributed by atoms with van der Waals surface area (Å²) >= 11 is 0. The highest BCUT2D eigenvalue weighted by atomic mass is 16.1. The quantitative estimate of drug-likeness (QED) is 0.659. The molecule has 0 amide bonds. The molecule has 0 atom stereocenters. The van der Waals surface area contributed by atoms with Crippen LogP contribution in [0.25, 0.3) is 16.6 Å². The molecule has 0 bridgehead atoms. The molecule has 0 saturated carbocycles. The molecule has 18 heavy (non-hydrogen) atoms. The number of H-pyrrole nitrogens is 2. The van der Waals surface area contributed by atoms with Crippen LogP contribution in [0.4, 0.5) is 0 Å². The highest BCUT2D eigenvalue weighted by Crippen LogP contribution is 2.10. The lowest BCUT2D eigenvalue weighted by Gasteiger charge is -2.00. The standard InChI is InChI=1S/C12H10N4O2/c1-7-2-4-8(5-3-7)16-6-9-10(15-16)12(18)14-13-11(9)17/h2-6H,1H3,(H,13,17)(H,14,18). The summed E-state index contributed by atoms with van der Waals surface area (Å²) in [6.45, 7) is 1.98. The minimum atomic E-state index is -0.407. The molecule has 0 unspecified atom stereocenters. The number of nitrogens with one attached hydrogen (secondary N) is 2. The first-order valence-electron chi connectivity index (χ1n) is 5.42. The fourth-order valence-electron chi connectivity index (χ4n) is 1.78. The Morgan fingerprint density at radius 1 is 1.06 bits per heavy atom. The molecule has 90 valence electrons. The second-order valence-corrected chi connectivity index (χ2v) is 4.08. The number of hydrogen-bond acceptors (Lipinski definition) is 3. The molecule has 0 saturated heterocycles. The van der Waals surface area contributed by atoms with E-state index in [0.717, 1.165) is 11.3 Å². The second kappa shape index (κ2) is 3.69. The van der Waals surface area contributed by atoms with E-state index in [1.807, 2.05) is 31.2 Å². The topological polar surface area (TPSA) is 83.5 Å². The lowest BCUT2D eigenvalue weighted by molar-refractivity contribution is 0.890. The van der Waals surface area contributed by atoms with Gasteiger partial charge in [0.25, 0.3) is 11.1 Å². The van der Waals surface area contributed by atoms with E-state index in [4.69, 9.17) is 0 Å². The van der Waals surface area contributed by atoms with Crippen molar-refractivity contribution in [1.29, 1.82) is 0 Å². The van der Waals surface area contributed by atoms with E-state index in [2.05, 4.69) is 15.3 Å². The Labute approximate surface area is 101 Å². The zero-order chi connectivity index (χ0) is 12.7. The molecule has 6 nitrogen and oxygen atoms in total. The molecule has 2 aromatic heterocycles. The van der Waals surface area contributed by atoms with Gasteiger partial charge in [0.1, 0.15) is 0 Å². The predicted octanol–water partition coefficient (Wildman–Crippen LogP) is 0.711. The van der Waals surface area contributed by atoms with Crippen LogP contribution in [-0.2, 0) is 0 Å². The highest BCUT2D eigenvalue weighted by molar-refractivity contribution is 5.76. The third-order valence-electron chi connectivity index (χ3n) is 2.76. The molecule has 3 aromatic rings. The molecule has 3 rings (SSSR count). The summed E-state index contributed by atoms with van der Waals surface area (Å²) in [5, 5.41) is 8.92. The molecule has 0 aliphatic heterocycles.